The Morgan fingerprint density at radius 2 is 1.61 bits per heavy atom. The lowest BCUT2D eigenvalue weighted by Gasteiger charge is -2.10. The Bertz CT molecular complexity index is 1020. The molecule has 0 spiro atoms. The van der Waals surface area contributed by atoms with E-state index in [0.29, 0.717) is 22.7 Å². The summed E-state index contributed by atoms with van der Waals surface area (Å²) in [6.07, 6.45) is 0. The van der Waals surface area contributed by atoms with Crippen LogP contribution in [0.5, 0.6) is 5.75 Å². The Morgan fingerprint density at radius 1 is 0.893 bits per heavy atom. The average Bonchev–Trinajstić information content (AvgIpc) is 2.70. The third kappa shape index (κ3) is 4.60. The summed E-state index contributed by atoms with van der Waals surface area (Å²) < 4.78 is 5.22. The molecule has 0 fully saturated rings. The van der Waals surface area contributed by atoms with E-state index in [1.807, 2.05) is 6.07 Å². The van der Waals surface area contributed by atoms with Crippen molar-refractivity contribution in [2.75, 3.05) is 17.7 Å². The van der Waals surface area contributed by atoms with Crippen molar-refractivity contribution in [1.82, 2.24) is 4.98 Å². The van der Waals surface area contributed by atoms with Gasteiger partial charge in [-0.15, -0.1) is 0 Å². The molecule has 3 rings (SSSR count). The number of nitrogens with zero attached hydrogens (tertiary/aromatic N) is 1. The van der Waals surface area contributed by atoms with Gasteiger partial charge in [-0.3, -0.25) is 9.59 Å². The second-order valence-electron chi connectivity index (χ2n) is 5.65. The second kappa shape index (κ2) is 8.73. The number of amides is 2. The fourth-order valence-electron chi connectivity index (χ4n) is 2.42. The van der Waals surface area contributed by atoms with Crippen molar-refractivity contribution < 1.29 is 14.3 Å². The minimum Gasteiger partial charge on any atom is -0.495 e. The van der Waals surface area contributed by atoms with Crippen LogP contribution in [0.1, 0.15) is 20.8 Å². The molecule has 0 saturated heterocycles. The molecule has 8 heteroatoms. The highest BCUT2D eigenvalue weighted by Gasteiger charge is 2.14. The van der Waals surface area contributed by atoms with E-state index in [9.17, 15) is 9.59 Å². The highest BCUT2D eigenvalue weighted by molar-refractivity contribution is 6.35. The van der Waals surface area contributed by atoms with Crippen LogP contribution in [0.3, 0.4) is 0 Å². The summed E-state index contributed by atoms with van der Waals surface area (Å²) in [4.78, 5) is 28.7. The van der Waals surface area contributed by atoms with Gasteiger partial charge < -0.3 is 15.4 Å². The first-order valence-corrected chi connectivity index (χ1v) is 8.91. The number of pyridine rings is 1. The van der Waals surface area contributed by atoms with Gasteiger partial charge in [0.2, 0.25) is 0 Å². The Labute approximate surface area is 171 Å². The number of anilines is 2. The van der Waals surface area contributed by atoms with Gasteiger partial charge in [-0.2, -0.15) is 0 Å². The van der Waals surface area contributed by atoms with E-state index in [1.165, 1.54) is 19.2 Å². The molecule has 0 saturated carbocycles. The molecule has 0 aliphatic heterocycles. The molecule has 3 aromatic rings. The van der Waals surface area contributed by atoms with Crippen LogP contribution in [0, 0.1) is 0 Å². The predicted octanol–water partition coefficient (Wildman–Crippen LogP) is 4.90. The number of carbonyl (C=O) groups excluding carboxylic acids is 2. The summed E-state index contributed by atoms with van der Waals surface area (Å²) in [5.41, 5.74) is 1.49. The number of aromatic nitrogens is 1. The molecule has 2 aromatic carbocycles. The van der Waals surface area contributed by atoms with Crippen LogP contribution in [-0.4, -0.2) is 23.9 Å². The third-order valence-electron chi connectivity index (χ3n) is 3.79. The molecule has 28 heavy (non-hydrogen) atoms. The van der Waals surface area contributed by atoms with Crippen LogP contribution in [0.2, 0.25) is 10.2 Å². The number of methoxy groups -OCH3 is 1. The van der Waals surface area contributed by atoms with E-state index >= 15 is 0 Å². The van der Waals surface area contributed by atoms with Crippen LogP contribution in [-0.2, 0) is 0 Å². The second-order valence-corrected chi connectivity index (χ2v) is 6.44. The van der Waals surface area contributed by atoms with Crippen molar-refractivity contribution >= 4 is 46.4 Å². The number of hydrogen-bond acceptors (Lipinski definition) is 4. The zero-order valence-corrected chi connectivity index (χ0v) is 16.2. The van der Waals surface area contributed by atoms with Crippen molar-refractivity contribution in [2.45, 2.75) is 0 Å². The van der Waals surface area contributed by atoms with Gasteiger partial charge in [0.25, 0.3) is 11.8 Å². The summed E-state index contributed by atoms with van der Waals surface area (Å²) in [5, 5.41) is 5.80. The molecule has 0 aliphatic rings. The number of nitrogens with one attached hydrogen (secondary N) is 2. The van der Waals surface area contributed by atoms with Crippen LogP contribution < -0.4 is 15.4 Å². The molecule has 0 atom stereocenters. The molecule has 142 valence electrons. The number of rotatable bonds is 5. The van der Waals surface area contributed by atoms with Crippen LogP contribution in [0.15, 0.2) is 60.7 Å². The summed E-state index contributed by atoms with van der Waals surface area (Å²) >= 11 is 11.8. The number of carbonyl (C=O) groups is 2. The standard InChI is InChI=1S/C20H15Cl2N3O3/c1-28-16-5-3-2-4-15(16)24-19(26)12-6-8-13(9-7-12)23-20(27)18-14(21)10-11-17(22)25-18/h2-11H,1H3,(H,23,27)(H,24,26). The summed E-state index contributed by atoms with van der Waals surface area (Å²) in [6.45, 7) is 0. The fourth-order valence-corrected chi connectivity index (χ4v) is 2.75. The number of para-hydroxylation sites is 2. The van der Waals surface area contributed by atoms with Crippen LogP contribution in [0.25, 0.3) is 0 Å². The lowest BCUT2D eigenvalue weighted by molar-refractivity contribution is 0.101. The van der Waals surface area contributed by atoms with Gasteiger partial charge in [0, 0.05) is 11.3 Å². The van der Waals surface area contributed by atoms with Gasteiger partial charge in [0.1, 0.15) is 16.6 Å². The molecule has 0 bridgehead atoms. The first kappa shape index (κ1) is 19.7. The van der Waals surface area contributed by atoms with Crippen LogP contribution >= 0.6 is 23.2 Å². The Morgan fingerprint density at radius 3 is 2.32 bits per heavy atom. The number of benzene rings is 2. The maximum absolute atomic E-state index is 12.4. The number of hydrogen-bond donors (Lipinski definition) is 2. The summed E-state index contributed by atoms with van der Waals surface area (Å²) in [5.74, 6) is -0.244. The van der Waals surface area contributed by atoms with Crippen molar-refractivity contribution in [3.8, 4) is 5.75 Å². The molecule has 0 unspecified atom stereocenters. The highest BCUT2D eigenvalue weighted by Crippen LogP contribution is 2.24. The van der Waals surface area contributed by atoms with E-state index in [2.05, 4.69) is 15.6 Å². The maximum Gasteiger partial charge on any atom is 0.275 e. The van der Waals surface area contributed by atoms with E-state index in [4.69, 9.17) is 27.9 Å². The fraction of sp³-hybridized carbons (Fsp3) is 0.0500. The normalized spacial score (nSPS) is 10.2. The predicted molar refractivity (Wildman–Crippen MR) is 110 cm³/mol. The van der Waals surface area contributed by atoms with Gasteiger partial charge in [-0.25, -0.2) is 4.98 Å². The summed E-state index contributed by atoms with van der Waals surface area (Å²) in [7, 11) is 1.53. The Hall–Kier alpha value is -3.09. The molecule has 6 nitrogen and oxygen atoms in total. The monoisotopic (exact) mass is 415 g/mol. The van der Waals surface area contributed by atoms with E-state index in [0.717, 1.165) is 0 Å². The molecule has 1 heterocycles. The largest absolute Gasteiger partial charge is 0.495 e. The Balaban J connectivity index is 1.70. The molecule has 2 amide bonds. The van der Waals surface area contributed by atoms with E-state index in [1.54, 1.807) is 42.5 Å². The molecule has 1 aromatic heterocycles. The summed E-state index contributed by atoms with van der Waals surface area (Å²) in [6, 6.07) is 16.5. The first-order chi connectivity index (χ1) is 13.5. The minimum absolute atomic E-state index is 0.0205. The molecule has 0 aliphatic carbocycles. The van der Waals surface area contributed by atoms with Gasteiger partial charge in [0.15, 0.2) is 0 Å². The topological polar surface area (TPSA) is 80.3 Å². The molecular weight excluding hydrogens is 401 g/mol. The zero-order valence-electron chi connectivity index (χ0n) is 14.7. The quantitative estimate of drug-likeness (QED) is 0.580. The van der Waals surface area contributed by atoms with Crippen molar-refractivity contribution in [3.05, 3.63) is 82.1 Å². The SMILES string of the molecule is COc1ccccc1NC(=O)c1ccc(NC(=O)c2nc(Cl)ccc2Cl)cc1. The molecule has 2 N–H and O–H groups in total. The third-order valence-corrected chi connectivity index (χ3v) is 4.30. The minimum atomic E-state index is -0.501. The number of ether oxygens (including phenoxy) is 1. The van der Waals surface area contributed by atoms with Gasteiger partial charge in [-0.05, 0) is 48.5 Å². The van der Waals surface area contributed by atoms with Crippen molar-refractivity contribution in [2.24, 2.45) is 0 Å². The zero-order chi connectivity index (χ0) is 20.1. The molecular formula is C20H15Cl2N3O3. The lowest BCUT2D eigenvalue weighted by Crippen LogP contribution is -2.15. The van der Waals surface area contributed by atoms with Gasteiger partial charge in [-0.1, -0.05) is 35.3 Å². The van der Waals surface area contributed by atoms with Crippen molar-refractivity contribution in [1.29, 1.82) is 0 Å². The van der Waals surface area contributed by atoms with Crippen LogP contribution in [0.4, 0.5) is 11.4 Å². The van der Waals surface area contributed by atoms with E-state index < -0.39 is 5.91 Å². The van der Waals surface area contributed by atoms with Crippen molar-refractivity contribution in [3.63, 3.8) is 0 Å². The van der Waals surface area contributed by atoms with Gasteiger partial charge in [0.05, 0.1) is 17.8 Å². The highest BCUT2D eigenvalue weighted by atomic mass is 35.5. The number of halogens is 2. The smallest absolute Gasteiger partial charge is 0.275 e. The average molecular weight is 416 g/mol. The first-order valence-electron chi connectivity index (χ1n) is 8.16. The Kier molecular flexibility index (Phi) is 6.13. The van der Waals surface area contributed by atoms with E-state index in [-0.39, 0.29) is 21.8 Å². The molecule has 0 radical (unpaired) electrons. The maximum atomic E-state index is 12.4. The van der Waals surface area contributed by atoms with Gasteiger partial charge >= 0.3 is 0 Å². The lowest BCUT2D eigenvalue weighted by atomic mass is 10.2.